The van der Waals surface area contributed by atoms with Gasteiger partial charge in [0.2, 0.25) is 5.95 Å². The minimum absolute atomic E-state index is 0.152. The molecule has 0 unspecified atom stereocenters. The minimum Gasteiger partial charge on any atom is -0.466 e. The molecule has 0 aliphatic carbocycles. The number of methoxy groups -OCH3 is 1. The lowest BCUT2D eigenvalue weighted by molar-refractivity contribution is 0.102. The van der Waals surface area contributed by atoms with Crippen LogP contribution in [-0.4, -0.2) is 38.2 Å². The number of ether oxygens (including phenoxy) is 1. The van der Waals surface area contributed by atoms with E-state index in [4.69, 9.17) is 4.74 Å². The predicted octanol–water partition coefficient (Wildman–Crippen LogP) is -0.144. The number of carbonyl (C=O) groups is 1. The van der Waals surface area contributed by atoms with Gasteiger partial charge in [0.15, 0.2) is 0 Å². The van der Waals surface area contributed by atoms with E-state index in [9.17, 15) is 4.79 Å². The number of nitrogens with one attached hydrogen (secondary N) is 2. The summed E-state index contributed by atoms with van der Waals surface area (Å²) in [5.41, 5.74) is 0.331. The van der Waals surface area contributed by atoms with Crippen molar-refractivity contribution in [3.63, 3.8) is 0 Å². The number of aromatic nitrogens is 5. The molecule has 82 valence electrons. The lowest BCUT2D eigenvalue weighted by Crippen LogP contribution is -2.13. The summed E-state index contributed by atoms with van der Waals surface area (Å²) >= 11 is 0. The van der Waals surface area contributed by atoms with E-state index in [0.717, 1.165) is 0 Å². The van der Waals surface area contributed by atoms with Crippen LogP contribution >= 0.6 is 0 Å². The normalized spacial score (nSPS) is 9.81. The van der Waals surface area contributed by atoms with Crippen LogP contribution in [-0.2, 0) is 0 Å². The Labute approximate surface area is 90.1 Å². The fourth-order valence-corrected chi connectivity index (χ4v) is 0.990. The highest BCUT2D eigenvalue weighted by Crippen LogP contribution is 2.06. The monoisotopic (exact) mass is 220 g/mol. The molecule has 0 radical (unpaired) electrons. The summed E-state index contributed by atoms with van der Waals surface area (Å²) in [6.45, 7) is 0. The maximum Gasteiger partial charge on any atom is 0.336 e. The van der Waals surface area contributed by atoms with Gasteiger partial charge in [-0.05, 0) is 0 Å². The number of amides is 1. The summed E-state index contributed by atoms with van der Waals surface area (Å²) < 4.78 is 4.75. The highest BCUT2D eigenvalue weighted by atomic mass is 16.5. The van der Waals surface area contributed by atoms with Crippen molar-refractivity contribution in [1.29, 1.82) is 0 Å². The first-order valence-electron chi connectivity index (χ1n) is 4.32. The Morgan fingerprint density at radius 1 is 1.44 bits per heavy atom. The van der Waals surface area contributed by atoms with Crippen LogP contribution in [0.3, 0.4) is 0 Å². The molecular weight excluding hydrogens is 212 g/mol. The summed E-state index contributed by atoms with van der Waals surface area (Å²) in [5, 5.41) is 8.66. The Morgan fingerprint density at radius 3 is 2.81 bits per heavy atom. The van der Waals surface area contributed by atoms with E-state index in [1.807, 2.05) is 0 Å². The Morgan fingerprint density at radius 2 is 2.19 bits per heavy atom. The summed E-state index contributed by atoms with van der Waals surface area (Å²) in [6.07, 6.45) is 4.14. The molecule has 2 aromatic rings. The third kappa shape index (κ3) is 2.11. The van der Waals surface area contributed by atoms with Gasteiger partial charge in [0.1, 0.15) is 6.33 Å². The van der Waals surface area contributed by atoms with Crippen molar-refractivity contribution in [2.24, 2.45) is 0 Å². The molecule has 2 N–H and O–H groups in total. The van der Waals surface area contributed by atoms with Crippen LogP contribution in [0.2, 0.25) is 0 Å². The van der Waals surface area contributed by atoms with Crippen molar-refractivity contribution >= 4 is 11.9 Å². The lowest BCUT2D eigenvalue weighted by Gasteiger charge is -1.98. The van der Waals surface area contributed by atoms with Gasteiger partial charge in [-0.1, -0.05) is 0 Å². The van der Waals surface area contributed by atoms with E-state index in [1.54, 1.807) is 0 Å². The van der Waals surface area contributed by atoms with Crippen LogP contribution in [0, 0.1) is 0 Å². The van der Waals surface area contributed by atoms with Crippen molar-refractivity contribution in [1.82, 2.24) is 25.1 Å². The van der Waals surface area contributed by atoms with Crippen molar-refractivity contribution in [2.75, 3.05) is 12.4 Å². The molecule has 0 atom stereocenters. The van der Waals surface area contributed by atoms with Gasteiger partial charge in [-0.2, -0.15) is 4.98 Å². The van der Waals surface area contributed by atoms with E-state index >= 15 is 0 Å². The number of nitrogens with zero attached hydrogens (tertiary/aromatic N) is 4. The first-order valence-corrected chi connectivity index (χ1v) is 4.32. The smallest absolute Gasteiger partial charge is 0.336 e. The maximum absolute atomic E-state index is 11.6. The SMILES string of the molecule is COc1n[nH]c(NC(=O)c2cncnc2)n1. The fourth-order valence-electron chi connectivity index (χ4n) is 0.990. The zero-order valence-electron chi connectivity index (χ0n) is 8.34. The summed E-state index contributed by atoms with van der Waals surface area (Å²) in [5.74, 6) is -0.176. The van der Waals surface area contributed by atoms with Crippen LogP contribution in [0.25, 0.3) is 0 Å². The van der Waals surface area contributed by atoms with Crippen LogP contribution in [0.1, 0.15) is 10.4 Å². The molecule has 0 spiro atoms. The summed E-state index contributed by atoms with van der Waals surface area (Å²) in [4.78, 5) is 22.9. The number of anilines is 1. The maximum atomic E-state index is 11.6. The fraction of sp³-hybridized carbons (Fsp3) is 0.125. The number of hydrogen-bond donors (Lipinski definition) is 2. The van der Waals surface area contributed by atoms with Gasteiger partial charge in [0, 0.05) is 12.4 Å². The first kappa shape index (κ1) is 10.0. The number of hydrogen-bond acceptors (Lipinski definition) is 6. The van der Waals surface area contributed by atoms with Gasteiger partial charge in [-0.25, -0.2) is 15.1 Å². The summed E-state index contributed by atoms with van der Waals surface area (Å²) in [6, 6.07) is 0.152. The Hall–Kier alpha value is -2.51. The predicted molar refractivity (Wildman–Crippen MR) is 52.9 cm³/mol. The molecule has 8 nitrogen and oxygen atoms in total. The van der Waals surface area contributed by atoms with Crippen molar-refractivity contribution < 1.29 is 9.53 Å². The highest BCUT2D eigenvalue weighted by Gasteiger charge is 2.09. The zero-order chi connectivity index (χ0) is 11.4. The van der Waals surface area contributed by atoms with Gasteiger partial charge in [-0.15, -0.1) is 5.10 Å². The number of H-pyrrole nitrogens is 1. The van der Waals surface area contributed by atoms with Crippen LogP contribution in [0.5, 0.6) is 6.01 Å². The molecule has 2 rings (SSSR count). The molecule has 8 heteroatoms. The largest absolute Gasteiger partial charge is 0.466 e. The van der Waals surface area contributed by atoms with E-state index in [0.29, 0.717) is 5.56 Å². The van der Waals surface area contributed by atoms with E-state index in [-0.39, 0.29) is 17.9 Å². The van der Waals surface area contributed by atoms with Crippen LogP contribution in [0.15, 0.2) is 18.7 Å². The van der Waals surface area contributed by atoms with Crippen molar-refractivity contribution in [3.8, 4) is 6.01 Å². The quantitative estimate of drug-likeness (QED) is 0.745. The third-order valence-corrected chi connectivity index (χ3v) is 1.70. The molecule has 2 heterocycles. The molecule has 0 aliphatic heterocycles. The molecular formula is C8H8N6O2. The zero-order valence-corrected chi connectivity index (χ0v) is 8.34. The summed E-state index contributed by atoms with van der Waals surface area (Å²) in [7, 11) is 1.43. The van der Waals surface area contributed by atoms with Gasteiger partial charge in [0.05, 0.1) is 12.7 Å². The topological polar surface area (TPSA) is 106 Å². The van der Waals surface area contributed by atoms with Gasteiger partial charge < -0.3 is 4.74 Å². The molecule has 1 amide bonds. The van der Waals surface area contributed by atoms with E-state index in [1.165, 1.54) is 25.8 Å². The van der Waals surface area contributed by atoms with Crippen LogP contribution < -0.4 is 10.1 Å². The first-order chi connectivity index (χ1) is 7.79. The second kappa shape index (κ2) is 4.34. The molecule has 0 bridgehead atoms. The molecule has 0 saturated carbocycles. The minimum atomic E-state index is -0.376. The van der Waals surface area contributed by atoms with Crippen molar-refractivity contribution in [2.45, 2.75) is 0 Å². The second-order valence-electron chi connectivity index (χ2n) is 2.75. The van der Waals surface area contributed by atoms with E-state index in [2.05, 4.69) is 30.5 Å². The van der Waals surface area contributed by atoms with Gasteiger partial charge in [-0.3, -0.25) is 10.1 Å². The Balaban J connectivity index is 2.08. The highest BCUT2D eigenvalue weighted by molar-refractivity contribution is 6.02. The number of carbonyl (C=O) groups excluding carboxylic acids is 1. The van der Waals surface area contributed by atoms with Gasteiger partial charge >= 0.3 is 6.01 Å². The molecule has 2 aromatic heterocycles. The number of aromatic amines is 1. The Bertz CT molecular complexity index is 482. The average molecular weight is 220 g/mol. The van der Waals surface area contributed by atoms with Gasteiger partial charge in [0.25, 0.3) is 5.91 Å². The van der Waals surface area contributed by atoms with Crippen molar-refractivity contribution in [3.05, 3.63) is 24.3 Å². The molecule has 0 aromatic carbocycles. The molecule has 0 fully saturated rings. The molecule has 16 heavy (non-hydrogen) atoms. The molecule has 0 aliphatic rings. The standard InChI is InChI=1S/C8H8N6O2/c1-16-8-12-7(13-14-8)11-6(15)5-2-9-4-10-3-5/h2-4H,1H3,(H2,11,12,13,14,15). The lowest BCUT2D eigenvalue weighted by atomic mass is 10.3. The number of rotatable bonds is 3. The molecule has 0 saturated heterocycles. The third-order valence-electron chi connectivity index (χ3n) is 1.70. The average Bonchev–Trinajstić information content (AvgIpc) is 2.78. The second-order valence-corrected chi connectivity index (χ2v) is 2.75. The van der Waals surface area contributed by atoms with Crippen LogP contribution in [0.4, 0.5) is 5.95 Å². The van der Waals surface area contributed by atoms with E-state index < -0.39 is 0 Å². The Kier molecular flexibility index (Phi) is 2.72.